The number of nitrogens with zero attached hydrogens (tertiary/aromatic N) is 6. The Kier molecular flexibility index (Phi) is 4.09. The lowest BCUT2D eigenvalue weighted by Crippen LogP contribution is -2.07. The molecule has 134 valence electrons. The van der Waals surface area contributed by atoms with Gasteiger partial charge in [-0.25, -0.2) is 4.63 Å². The minimum Gasteiger partial charge on any atom is -0.378 e. The van der Waals surface area contributed by atoms with E-state index in [1.807, 2.05) is 31.2 Å². The van der Waals surface area contributed by atoms with E-state index in [2.05, 4.69) is 60.6 Å². The molecular formula is C18H16N8O. The zero-order chi connectivity index (χ0) is 18.8. The molecule has 9 heteroatoms. The number of rotatable bonds is 5. The van der Waals surface area contributed by atoms with Crippen LogP contribution in [0.2, 0.25) is 0 Å². The quantitative estimate of drug-likeness (QED) is 0.414. The van der Waals surface area contributed by atoms with Crippen molar-refractivity contribution in [2.24, 2.45) is 5.10 Å². The van der Waals surface area contributed by atoms with Gasteiger partial charge in [0.15, 0.2) is 0 Å². The number of hydrogen-bond donors (Lipinski definition) is 2. The van der Waals surface area contributed by atoms with Crippen LogP contribution in [0.25, 0.3) is 22.3 Å². The van der Waals surface area contributed by atoms with Gasteiger partial charge in [0.1, 0.15) is 5.69 Å². The Morgan fingerprint density at radius 2 is 2.04 bits per heavy atom. The highest BCUT2D eigenvalue weighted by Gasteiger charge is 2.17. The fraction of sp³-hybridized carbons (Fsp3) is 0.0556. The van der Waals surface area contributed by atoms with Gasteiger partial charge < -0.3 is 5.73 Å². The van der Waals surface area contributed by atoms with Crippen LogP contribution in [0.3, 0.4) is 0 Å². The van der Waals surface area contributed by atoms with Crippen molar-refractivity contribution in [1.29, 1.82) is 0 Å². The Bertz CT molecular complexity index is 1150. The number of hydrazone groups is 1. The van der Waals surface area contributed by atoms with Crippen LogP contribution < -0.4 is 11.2 Å². The number of fused-ring (bicyclic) bond motifs is 1. The summed E-state index contributed by atoms with van der Waals surface area (Å²) in [7, 11) is 0. The highest BCUT2D eigenvalue weighted by molar-refractivity contribution is 5.99. The van der Waals surface area contributed by atoms with Crippen molar-refractivity contribution in [1.82, 2.24) is 30.7 Å². The minimum atomic E-state index is 0.127. The lowest BCUT2D eigenvalue weighted by Gasteiger charge is -2.04. The number of aromatic nitrogens is 5. The number of anilines is 1. The first-order chi connectivity index (χ1) is 13.1. The summed E-state index contributed by atoms with van der Waals surface area (Å²) in [5.74, 6) is 0.403. The molecule has 0 atom stereocenters. The second kappa shape index (κ2) is 6.71. The van der Waals surface area contributed by atoms with E-state index in [4.69, 9.17) is 5.73 Å². The predicted octanol–water partition coefficient (Wildman–Crippen LogP) is 2.29. The van der Waals surface area contributed by atoms with Gasteiger partial charge in [-0.15, -0.1) is 5.10 Å². The summed E-state index contributed by atoms with van der Waals surface area (Å²) in [5, 5.41) is 21.9. The lowest BCUT2D eigenvalue weighted by atomic mass is 10.1. The van der Waals surface area contributed by atoms with E-state index >= 15 is 0 Å². The zero-order valence-corrected chi connectivity index (χ0v) is 14.5. The standard InChI is InChI=1S/C18H16N8O/c1-11(16-12(2)26(25-22-16)18-17(19)23-27-24-18)21-20-10-14-8-5-7-13-6-3-4-9-15(13)14/h3-10,21H,1H2,2H3,(H2,19,23). The van der Waals surface area contributed by atoms with Crippen LogP contribution in [0, 0.1) is 6.92 Å². The SMILES string of the molecule is C=C(NN=Cc1cccc2ccccc12)c1nnn(-c2nonc2N)c1C. The van der Waals surface area contributed by atoms with Crippen molar-refractivity contribution in [3.63, 3.8) is 0 Å². The van der Waals surface area contributed by atoms with Crippen molar-refractivity contribution >= 4 is 28.5 Å². The largest absolute Gasteiger partial charge is 0.378 e. The Morgan fingerprint density at radius 1 is 1.22 bits per heavy atom. The molecule has 4 aromatic rings. The van der Waals surface area contributed by atoms with Crippen molar-refractivity contribution in [2.75, 3.05) is 5.73 Å². The molecule has 4 rings (SSSR count). The maximum Gasteiger partial charge on any atom is 0.243 e. The number of nitrogens with one attached hydrogen (secondary N) is 1. The van der Waals surface area contributed by atoms with Crippen LogP contribution in [-0.4, -0.2) is 31.5 Å². The number of hydrogen-bond acceptors (Lipinski definition) is 8. The summed E-state index contributed by atoms with van der Waals surface area (Å²) < 4.78 is 6.03. The second-order valence-corrected chi connectivity index (χ2v) is 5.83. The average Bonchev–Trinajstić information content (AvgIpc) is 3.27. The summed E-state index contributed by atoms with van der Waals surface area (Å²) in [5.41, 5.74) is 11.3. The van der Waals surface area contributed by atoms with Crippen molar-refractivity contribution in [2.45, 2.75) is 6.92 Å². The number of nitrogens with two attached hydrogens (primary N) is 1. The van der Waals surface area contributed by atoms with Gasteiger partial charge >= 0.3 is 0 Å². The molecule has 2 aromatic heterocycles. The first kappa shape index (κ1) is 16.5. The monoisotopic (exact) mass is 360 g/mol. The maximum atomic E-state index is 5.70. The van der Waals surface area contributed by atoms with E-state index in [0.29, 0.717) is 17.1 Å². The van der Waals surface area contributed by atoms with E-state index < -0.39 is 0 Å². The molecule has 9 nitrogen and oxygen atoms in total. The van der Waals surface area contributed by atoms with Crippen LogP contribution in [0.4, 0.5) is 5.82 Å². The molecule has 0 fully saturated rings. The summed E-state index contributed by atoms with van der Waals surface area (Å²) in [6, 6.07) is 14.2. The van der Waals surface area contributed by atoms with Gasteiger partial charge in [-0.05, 0) is 28.0 Å². The molecule has 0 saturated carbocycles. The Morgan fingerprint density at radius 3 is 2.85 bits per heavy atom. The Hall–Kier alpha value is -4.01. The topological polar surface area (TPSA) is 120 Å². The molecule has 0 amide bonds. The van der Waals surface area contributed by atoms with Gasteiger partial charge in [0, 0.05) is 5.56 Å². The van der Waals surface area contributed by atoms with E-state index in [1.165, 1.54) is 4.68 Å². The molecule has 0 saturated heterocycles. The molecule has 0 unspecified atom stereocenters. The first-order valence-electron chi connectivity index (χ1n) is 8.12. The summed E-state index contributed by atoms with van der Waals surface area (Å²) in [4.78, 5) is 0. The van der Waals surface area contributed by atoms with Gasteiger partial charge in [0.2, 0.25) is 11.6 Å². The summed E-state index contributed by atoms with van der Waals surface area (Å²) >= 11 is 0. The highest BCUT2D eigenvalue weighted by atomic mass is 16.6. The van der Waals surface area contributed by atoms with E-state index in [-0.39, 0.29) is 11.6 Å². The third-order valence-corrected chi connectivity index (χ3v) is 4.10. The predicted molar refractivity (Wildman–Crippen MR) is 102 cm³/mol. The minimum absolute atomic E-state index is 0.127. The second-order valence-electron chi connectivity index (χ2n) is 5.83. The molecule has 0 aliphatic heterocycles. The summed E-state index contributed by atoms with van der Waals surface area (Å²) in [6.45, 7) is 5.78. The molecular weight excluding hydrogens is 344 g/mol. The lowest BCUT2D eigenvalue weighted by molar-refractivity contribution is 0.306. The van der Waals surface area contributed by atoms with Gasteiger partial charge in [-0.2, -0.15) is 9.78 Å². The van der Waals surface area contributed by atoms with Crippen LogP contribution in [-0.2, 0) is 0 Å². The van der Waals surface area contributed by atoms with Crippen molar-refractivity contribution in [3.8, 4) is 5.82 Å². The molecule has 3 N–H and O–H groups in total. The fourth-order valence-corrected chi connectivity index (χ4v) is 2.74. The van der Waals surface area contributed by atoms with Crippen LogP contribution in [0.1, 0.15) is 17.0 Å². The molecule has 27 heavy (non-hydrogen) atoms. The number of benzene rings is 2. The van der Waals surface area contributed by atoms with Gasteiger partial charge in [-0.3, -0.25) is 5.43 Å². The number of nitrogen functional groups attached to an aromatic ring is 1. The normalized spacial score (nSPS) is 11.3. The smallest absolute Gasteiger partial charge is 0.243 e. The zero-order valence-electron chi connectivity index (χ0n) is 14.5. The van der Waals surface area contributed by atoms with Crippen LogP contribution in [0.5, 0.6) is 0 Å². The Labute approximate surface area is 154 Å². The molecule has 0 bridgehead atoms. The van der Waals surface area contributed by atoms with E-state index in [0.717, 1.165) is 16.3 Å². The van der Waals surface area contributed by atoms with Gasteiger partial charge in [0.05, 0.1) is 17.6 Å². The third-order valence-electron chi connectivity index (χ3n) is 4.10. The highest BCUT2D eigenvalue weighted by Crippen LogP contribution is 2.19. The summed E-state index contributed by atoms with van der Waals surface area (Å²) in [6.07, 6.45) is 1.74. The van der Waals surface area contributed by atoms with E-state index in [9.17, 15) is 0 Å². The molecule has 0 spiro atoms. The average molecular weight is 360 g/mol. The van der Waals surface area contributed by atoms with E-state index in [1.54, 1.807) is 6.21 Å². The fourth-order valence-electron chi connectivity index (χ4n) is 2.74. The first-order valence-corrected chi connectivity index (χ1v) is 8.12. The van der Waals surface area contributed by atoms with Crippen molar-refractivity contribution in [3.05, 3.63) is 66.0 Å². The van der Waals surface area contributed by atoms with Crippen LogP contribution in [0.15, 0.2) is 58.8 Å². The molecule has 2 aromatic carbocycles. The molecule has 0 aliphatic carbocycles. The van der Waals surface area contributed by atoms with Crippen LogP contribution >= 0.6 is 0 Å². The third kappa shape index (κ3) is 3.01. The van der Waals surface area contributed by atoms with Gasteiger partial charge in [-0.1, -0.05) is 54.3 Å². The molecule has 2 heterocycles. The maximum absolute atomic E-state index is 5.70. The van der Waals surface area contributed by atoms with Gasteiger partial charge in [0.25, 0.3) is 0 Å². The molecule has 0 radical (unpaired) electrons. The van der Waals surface area contributed by atoms with Crippen molar-refractivity contribution < 1.29 is 4.63 Å². The Balaban J connectivity index is 1.54. The molecule has 0 aliphatic rings.